The van der Waals surface area contributed by atoms with Crippen LogP contribution < -0.4 is 34.6 Å². The Labute approximate surface area is 193 Å². The summed E-state index contributed by atoms with van der Waals surface area (Å²) in [5, 5.41) is 0. The van der Waals surface area contributed by atoms with Crippen molar-refractivity contribution in [3.8, 4) is 0 Å². The second-order valence-corrected chi connectivity index (χ2v) is 7.77. The fourth-order valence-electron chi connectivity index (χ4n) is 4.25. The monoisotopic (exact) mass is 452 g/mol. The minimum Gasteiger partial charge on any atom is -1.00 e. The summed E-state index contributed by atoms with van der Waals surface area (Å²) in [6.45, 7) is 10.6. The van der Waals surface area contributed by atoms with E-state index in [1.54, 1.807) is 9.80 Å². The molecule has 30 heavy (non-hydrogen) atoms. The molecule has 3 rings (SSSR count). The van der Waals surface area contributed by atoms with E-state index < -0.39 is 0 Å². The number of quaternary nitrogens is 2. The number of benzene rings is 2. The van der Waals surface area contributed by atoms with Crippen molar-refractivity contribution >= 4 is 5.78 Å². The molecule has 2 aromatic rings. The highest BCUT2D eigenvalue weighted by Crippen LogP contribution is 2.19. The maximum absolute atomic E-state index is 12.3. The van der Waals surface area contributed by atoms with Crippen LogP contribution in [0.5, 0.6) is 0 Å². The lowest BCUT2D eigenvalue weighted by molar-refractivity contribution is -1.02. The molecule has 0 amide bonds. The molecule has 2 aromatic carbocycles. The fourth-order valence-corrected chi connectivity index (χ4v) is 4.25. The first-order chi connectivity index (χ1) is 13.7. The molecule has 2 N–H and O–H groups in total. The molecule has 6 heteroatoms. The van der Waals surface area contributed by atoms with Gasteiger partial charge in [-0.3, -0.25) is 4.79 Å². The first-order valence-corrected chi connectivity index (χ1v) is 10.6. The van der Waals surface area contributed by atoms with Crippen molar-refractivity contribution in [2.45, 2.75) is 32.4 Å². The minimum absolute atomic E-state index is 0. The van der Waals surface area contributed by atoms with Gasteiger partial charge in [-0.2, -0.15) is 0 Å². The van der Waals surface area contributed by atoms with Gasteiger partial charge in [-0.25, -0.2) is 0 Å². The van der Waals surface area contributed by atoms with Gasteiger partial charge in [0, 0.05) is 12.2 Å². The SMILES string of the molecule is CCOC(c1ccccc1)C(C)[NH+]1CC[NH+](CCC(=O)c2ccccc2)CC1.[Cl-].[Cl-]. The van der Waals surface area contributed by atoms with Crippen LogP contribution in [0.4, 0.5) is 0 Å². The highest BCUT2D eigenvalue weighted by atomic mass is 35.5. The fraction of sp³-hybridized carbons (Fsp3) is 0.458. The average molecular weight is 453 g/mol. The molecule has 1 fully saturated rings. The van der Waals surface area contributed by atoms with Crippen LogP contribution in [0.25, 0.3) is 0 Å². The molecule has 2 unspecified atom stereocenters. The van der Waals surface area contributed by atoms with Crippen LogP contribution in [0.3, 0.4) is 0 Å². The zero-order chi connectivity index (χ0) is 19.8. The highest BCUT2D eigenvalue weighted by Gasteiger charge is 2.33. The van der Waals surface area contributed by atoms with E-state index in [1.165, 1.54) is 5.56 Å². The van der Waals surface area contributed by atoms with Crippen molar-refractivity contribution in [2.24, 2.45) is 0 Å². The number of halogens is 2. The Morgan fingerprint density at radius 1 is 0.933 bits per heavy atom. The van der Waals surface area contributed by atoms with Gasteiger partial charge in [-0.15, -0.1) is 0 Å². The zero-order valence-corrected chi connectivity index (χ0v) is 19.5. The summed E-state index contributed by atoms with van der Waals surface area (Å²) in [6.07, 6.45) is 0.776. The summed E-state index contributed by atoms with van der Waals surface area (Å²) in [5.74, 6) is 0.261. The van der Waals surface area contributed by atoms with E-state index in [9.17, 15) is 4.79 Å². The minimum atomic E-state index is 0. The topological polar surface area (TPSA) is 35.2 Å². The summed E-state index contributed by atoms with van der Waals surface area (Å²) in [4.78, 5) is 15.5. The lowest BCUT2D eigenvalue weighted by Gasteiger charge is -2.36. The predicted octanol–water partition coefficient (Wildman–Crippen LogP) is -4.78. The van der Waals surface area contributed by atoms with Gasteiger partial charge in [0.05, 0.1) is 13.0 Å². The van der Waals surface area contributed by atoms with E-state index in [4.69, 9.17) is 4.74 Å². The van der Waals surface area contributed by atoms with Gasteiger partial charge >= 0.3 is 0 Å². The number of hydrogen-bond donors (Lipinski definition) is 2. The number of Topliss-reactive ketones (excluding diaryl/α,β-unsaturated/α-hetero) is 1. The van der Waals surface area contributed by atoms with Gasteiger partial charge in [-0.1, -0.05) is 60.7 Å². The Hall–Kier alpha value is -1.43. The lowest BCUT2D eigenvalue weighted by atomic mass is 10.0. The highest BCUT2D eigenvalue weighted by molar-refractivity contribution is 5.95. The third kappa shape index (κ3) is 7.36. The maximum atomic E-state index is 12.3. The molecule has 0 radical (unpaired) electrons. The lowest BCUT2D eigenvalue weighted by Crippen LogP contribution is -3.29. The molecule has 1 aliphatic heterocycles. The standard InChI is InChI=1S/C24H32N2O2.2ClH/c1-3-28-24(22-12-8-5-9-13-22)20(2)26-18-16-25(17-19-26)15-14-23(27)21-10-6-4-7-11-21;;/h4-13,20,24H,3,14-19H2,1-2H3;2*1H. The van der Waals surface area contributed by atoms with E-state index in [0.29, 0.717) is 12.5 Å². The first kappa shape index (κ1) is 26.6. The molecule has 0 spiro atoms. The number of rotatable bonds is 9. The Bertz CT molecular complexity index is 723. The summed E-state index contributed by atoms with van der Waals surface area (Å²) in [7, 11) is 0. The van der Waals surface area contributed by atoms with Crippen molar-refractivity contribution in [2.75, 3.05) is 39.3 Å². The second-order valence-electron chi connectivity index (χ2n) is 7.77. The molecule has 1 aliphatic rings. The smallest absolute Gasteiger partial charge is 0.168 e. The van der Waals surface area contributed by atoms with Crippen molar-refractivity contribution in [1.82, 2.24) is 0 Å². The van der Waals surface area contributed by atoms with E-state index in [-0.39, 0.29) is 36.7 Å². The van der Waals surface area contributed by atoms with Gasteiger partial charge in [-0.05, 0) is 19.4 Å². The van der Waals surface area contributed by atoms with E-state index in [1.807, 2.05) is 30.3 Å². The Kier molecular flexibility index (Phi) is 12.2. The van der Waals surface area contributed by atoms with Crippen LogP contribution in [0.15, 0.2) is 60.7 Å². The predicted molar refractivity (Wildman–Crippen MR) is 112 cm³/mol. The molecule has 0 saturated carbocycles. The van der Waals surface area contributed by atoms with E-state index in [0.717, 1.165) is 44.9 Å². The van der Waals surface area contributed by atoms with Crippen LogP contribution >= 0.6 is 0 Å². The zero-order valence-electron chi connectivity index (χ0n) is 18.0. The van der Waals surface area contributed by atoms with Gasteiger partial charge in [0.2, 0.25) is 0 Å². The number of ether oxygens (including phenoxy) is 1. The summed E-state index contributed by atoms with van der Waals surface area (Å²) < 4.78 is 6.13. The normalized spacial score (nSPS) is 20.3. The van der Waals surface area contributed by atoms with Gasteiger partial charge < -0.3 is 39.4 Å². The van der Waals surface area contributed by atoms with Gasteiger partial charge in [0.15, 0.2) is 5.78 Å². The Morgan fingerprint density at radius 2 is 1.50 bits per heavy atom. The first-order valence-electron chi connectivity index (χ1n) is 10.6. The van der Waals surface area contributed by atoms with E-state index >= 15 is 0 Å². The molecular formula is C24H34Cl2N2O2. The summed E-state index contributed by atoms with van der Waals surface area (Å²) in [5.41, 5.74) is 2.11. The molecule has 166 valence electrons. The third-order valence-corrected chi connectivity index (χ3v) is 5.97. The largest absolute Gasteiger partial charge is 1.00 e. The number of carbonyl (C=O) groups is 1. The van der Waals surface area contributed by atoms with Crippen LogP contribution in [0.2, 0.25) is 0 Å². The quantitative estimate of drug-likeness (QED) is 0.374. The molecule has 2 atom stereocenters. The summed E-state index contributed by atoms with van der Waals surface area (Å²) >= 11 is 0. The van der Waals surface area contributed by atoms with Crippen molar-refractivity contribution < 1.29 is 44.1 Å². The van der Waals surface area contributed by atoms with Crippen LogP contribution in [0, 0.1) is 0 Å². The van der Waals surface area contributed by atoms with Crippen molar-refractivity contribution in [3.63, 3.8) is 0 Å². The molecule has 0 aromatic heterocycles. The average Bonchev–Trinajstić information content (AvgIpc) is 2.77. The number of piperazine rings is 1. The second kappa shape index (κ2) is 13.8. The summed E-state index contributed by atoms with van der Waals surface area (Å²) in [6, 6.07) is 20.7. The van der Waals surface area contributed by atoms with Crippen molar-refractivity contribution in [1.29, 1.82) is 0 Å². The van der Waals surface area contributed by atoms with Crippen LogP contribution in [-0.4, -0.2) is 51.2 Å². The Morgan fingerprint density at radius 3 is 2.07 bits per heavy atom. The molecule has 0 bridgehead atoms. The molecular weight excluding hydrogens is 419 g/mol. The molecule has 4 nitrogen and oxygen atoms in total. The molecule has 1 saturated heterocycles. The van der Waals surface area contributed by atoms with E-state index in [2.05, 4.69) is 44.2 Å². The number of ketones is 1. The van der Waals surface area contributed by atoms with Crippen molar-refractivity contribution in [3.05, 3.63) is 71.8 Å². The molecule has 0 aliphatic carbocycles. The number of nitrogens with one attached hydrogen (secondary N) is 2. The number of carbonyl (C=O) groups excluding carboxylic acids is 1. The molecule has 1 heterocycles. The van der Waals surface area contributed by atoms with Gasteiger partial charge in [0.1, 0.15) is 38.3 Å². The van der Waals surface area contributed by atoms with Crippen LogP contribution in [0.1, 0.15) is 42.3 Å². The maximum Gasteiger partial charge on any atom is 0.168 e. The van der Waals surface area contributed by atoms with Crippen LogP contribution in [-0.2, 0) is 4.74 Å². The van der Waals surface area contributed by atoms with Gasteiger partial charge in [0.25, 0.3) is 0 Å². The Balaban J connectivity index is 0.00000225. The number of hydrogen-bond acceptors (Lipinski definition) is 2. The third-order valence-electron chi connectivity index (χ3n) is 5.97.